The van der Waals surface area contributed by atoms with Crippen LogP contribution in [0.3, 0.4) is 0 Å². The molecule has 0 spiro atoms. The summed E-state index contributed by atoms with van der Waals surface area (Å²) in [7, 11) is 1.33. The van der Waals surface area contributed by atoms with Crippen molar-refractivity contribution in [3.8, 4) is 11.1 Å². The Kier molecular flexibility index (Phi) is 3.77. The lowest BCUT2D eigenvalue weighted by molar-refractivity contribution is 0.0601. The molecule has 2 aromatic carbocycles. The average Bonchev–Trinajstić information content (AvgIpc) is 2.41. The van der Waals surface area contributed by atoms with E-state index < -0.39 is 0 Å². The molecule has 0 saturated heterocycles. The number of rotatable bonds is 2. The fraction of sp³-hybridized carbons (Fsp3) is 0.0714. The monoisotopic (exact) mass is 308 g/mol. The standard InChI is InChI=1S/C14H10BrFO2/c1-18-14(17)10-4-2-9(3-5-10)11-6-7-12(15)13(16)8-11/h2-8H,1H3. The summed E-state index contributed by atoms with van der Waals surface area (Å²) in [5.41, 5.74) is 2.07. The quantitative estimate of drug-likeness (QED) is 0.783. The first-order chi connectivity index (χ1) is 8.61. The molecule has 0 bridgehead atoms. The summed E-state index contributed by atoms with van der Waals surface area (Å²) in [5, 5.41) is 0. The molecule has 0 aliphatic heterocycles. The summed E-state index contributed by atoms with van der Waals surface area (Å²) in [5.74, 6) is -0.701. The van der Waals surface area contributed by atoms with Gasteiger partial charge >= 0.3 is 5.97 Å². The van der Waals surface area contributed by atoms with Gasteiger partial charge in [-0.1, -0.05) is 18.2 Å². The first kappa shape index (κ1) is 12.8. The van der Waals surface area contributed by atoms with E-state index in [1.165, 1.54) is 13.2 Å². The van der Waals surface area contributed by atoms with Gasteiger partial charge in [-0.3, -0.25) is 0 Å². The van der Waals surface area contributed by atoms with Crippen LogP contribution in [0, 0.1) is 5.82 Å². The summed E-state index contributed by atoms with van der Waals surface area (Å²) < 4.78 is 18.4. The van der Waals surface area contributed by atoms with Gasteiger partial charge in [0.1, 0.15) is 5.82 Å². The Balaban J connectivity index is 2.34. The minimum atomic E-state index is -0.386. The molecule has 0 aliphatic rings. The molecule has 0 aromatic heterocycles. The van der Waals surface area contributed by atoms with E-state index >= 15 is 0 Å². The zero-order valence-corrected chi connectivity index (χ0v) is 11.2. The molecule has 0 N–H and O–H groups in total. The van der Waals surface area contributed by atoms with Crippen molar-refractivity contribution in [1.29, 1.82) is 0 Å². The minimum Gasteiger partial charge on any atom is -0.465 e. The first-order valence-electron chi connectivity index (χ1n) is 5.25. The second kappa shape index (κ2) is 5.31. The van der Waals surface area contributed by atoms with E-state index in [1.807, 2.05) is 0 Å². The van der Waals surface area contributed by atoms with Crippen molar-refractivity contribution in [2.75, 3.05) is 7.11 Å². The molecule has 0 aliphatic carbocycles. The fourth-order valence-electron chi connectivity index (χ4n) is 1.59. The van der Waals surface area contributed by atoms with E-state index in [0.29, 0.717) is 10.0 Å². The molecule has 0 saturated carbocycles. The molecule has 0 heterocycles. The maximum absolute atomic E-state index is 13.4. The molecule has 0 amide bonds. The zero-order valence-electron chi connectivity index (χ0n) is 9.61. The highest BCUT2D eigenvalue weighted by molar-refractivity contribution is 9.10. The molecule has 2 rings (SSSR count). The summed E-state index contributed by atoms with van der Waals surface area (Å²) in [6, 6.07) is 11.7. The number of hydrogen-bond donors (Lipinski definition) is 0. The van der Waals surface area contributed by atoms with Gasteiger partial charge in [0.05, 0.1) is 17.1 Å². The smallest absolute Gasteiger partial charge is 0.337 e. The van der Waals surface area contributed by atoms with Crippen LogP contribution in [0.2, 0.25) is 0 Å². The lowest BCUT2D eigenvalue weighted by Crippen LogP contribution is -2.00. The van der Waals surface area contributed by atoms with Crippen molar-refractivity contribution in [3.63, 3.8) is 0 Å². The van der Waals surface area contributed by atoms with Crippen LogP contribution in [0.4, 0.5) is 4.39 Å². The van der Waals surface area contributed by atoms with E-state index in [9.17, 15) is 9.18 Å². The molecule has 18 heavy (non-hydrogen) atoms. The van der Waals surface area contributed by atoms with Gasteiger partial charge in [0.2, 0.25) is 0 Å². The van der Waals surface area contributed by atoms with Crippen molar-refractivity contribution in [2.45, 2.75) is 0 Å². The van der Waals surface area contributed by atoms with Gasteiger partial charge in [-0.15, -0.1) is 0 Å². The third kappa shape index (κ3) is 2.59. The van der Waals surface area contributed by atoms with Gasteiger partial charge < -0.3 is 4.74 Å². The van der Waals surface area contributed by atoms with Crippen LogP contribution >= 0.6 is 15.9 Å². The van der Waals surface area contributed by atoms with E-state index in [4.69, 9.17) is 0 Å². The molecule has 0 fully saturated rings. The number of halogens is 2. The maximum Gasteiger partial charge on any atom is 0.337 e. The highest BCUT2D eigenvalue weighted by Crippen LogP contribution is 2.24. The van der Waals surface area contributed by atoms with E-state index in [2.05, 4.69) is 20.7 Å². The van der Waals surface area contributed by atoms with Crippen molar-refractivity contribution < 1.29 is 13.9 Å². The van der Waals surface area contributed by atoms with E-state index in [-0.39, 0.29) is 11.8 Å². The number of hydrogen-bond acceptors (Lipinski definition) is 2. The fourth-order valence-corrected chi connectivity index (χ4v) is 1.84. The van der Waals surface area contributed by atoms with Crippen molar-refractivity contribution in [1.82, 2.24) is 0 Å². The van der Waals surface area contributed by atoms with Crippen molar-refractivity contribution in [3.05, 3.63) is 58.3 Å². The van der Waals surface area contributed by atoms with Gasteiger partial charge in [-0.2, -0.15) is 0 Å². The van der Waals surface area contributed by atoms with Gasteiger partial charge in [0.15, 0.2) is 0 Å². The summed E-state index contributed by atoms with van der Waals surface area (Å²) >= 11 is 3.11. The van der Waals surface area contributed by atoms with Crippen LogP contribution in [0.1, 0.15) is 10.4 Å². The lowest BCUT2D eigenvalue weighted by Gasteiger charge is -2.04. The molecule has 4 heteroatoms. The zero-order chi connectivity index (χ0) is 13.1. The number of benzene rings is 2. The topological polar surface area (TPSA) is 26.3 Å². The van der Waals surface area contributed by atoms with Crippen LogP contribution < -0.4 is 0 Å². The Morgan fingerprint density at radius 3 is 2.28 bits per heavy atom. The summed E-state index contributed by atoms with van der Waals surface area (Å²) in [6.07, 6.45) is 0. The van der Waals surface area contributed by atoms with Gasteiger partial charge in [-0.25, -0.2) is 9.18 Å². The van der Waals surface area contributed by atoms with Crippen LogP contribution in [-0.4, -0.2) is 13.1 Å². The van der Waals surface area contributed by atoms with Crippen molar-refractivity contribution in [2.24, 2.45) is 0 Å². The molecular formula is C14H10BrFO2. The molecule has 0 atom stereocenters. The van der Waals surface area contributed by atoms with Crippen LogP contribution in [0.25, 0.3) is 11.1 Å². The third-order valence-corrected chi connectivity index (χ3v) is 3.20. The van der Waals surface area contributed by atoms with Gasteiger partial charge in [0.25, 0.3) is 0 Å². The number of ether oxygens (including phenoxy) is 1. The molecule has 92 valence electrons. The Morgan fingerprint density at radius 2 is 1.72 bits per heavy atom. The molecule has 0 unspecified atom stereocenters. The number of carbonyl (C=O) groups excluding carboxylic acids is 1. The molecule has 0 radical (unpaired) electrons. The highest BCUT2D eigenvalue weighted by Gasteiger charge is 2.06. The van der Waals surface area contributed by atoms with Crippen molar-refractivity contribution >= 4 is 21.9 Å². The third-order valence-electron chi connectivity index (χ3n) is 2.56. The van der Waals surface area contributed by atoms with Crippen LogP contribution in [0.5, 0.6) is 0 Å². The molecule has 2 aromatic rings. The number of esters is 1. The first-order valence-corrected chi connectivity index (χ1v) is 6.05. The van der Waals surface area contributed by atoms with Gasteiger partial charge in [-0.05, 0) is 51.3 Å². The number of carbonyl (C=O) groups is 1. The predicted molar refractivity (Wildman–Crippen MR) is 70.9 cm³/mol. The lowest BCUT2D eigenvalue weighted by atomic mass is 10.0. The van der Waals surface area contributed by atoms with Crippen LogP contribution in [-0.2, 0) is 4.74 Å². The summed E-state index contributed by atoms with van der Waals surface area (Å²) in [4.78, 5) is 11.3. The number of methoxy groups -OCH3 is 1. The average molecular weight is 309 g/mol. The minimum absolute atomic E-state index is 0.315. The normalized spacial score (nSPS) is 10.2. The maximum atomic E-state index is 13.4. The van der Waals surface area contributed by atoms with Crippen LogP contribution in [0.15, 0.2) is 46.9 Å². The highest BCUT2D eigenvalue weighted by atomic mass is 79.9. The SMILES string of the molecule is COC(=O)c1ccc(-c2ccc(Br)c(F)c2)cc1. The van der Waals surface area contributed by atoms with E-state index in [1.54, 1.807) is 36.4 Å². The Morgan fingerprint density at radius 1 is 1.11 bits per heavy atom. The van der Waals surface area contributed by atoms with Gasteiger partial charge in [0, 0.05) is 0 Å². The second-order valence-corrected chi connectivity index (χ2v) is 4.55. The molecule has 2 nitrogen and oxygen atoms in total. The second-order valence-electron chi connectivity index (χ2n) is 3.70. The predicted octanol–water partition coefficient (Wildman–Crippen LogP) is 4.04. The Bertz CT molecular complexity index is 579. The Hall–Kier alpha value is -1.68. The Labute approximate surface area is 113 Å². The van der Waals surface area contributed by atoms with E-state index in [0.717, 1.165) is 11.1 Å². The molecular weight excluding hydrogens is 299 g/mol. The largest absolute Gasteiger partial charge is 0.465 e. The summed E-state index contributed by atoms with van der Waals surface area (Å²) in [6.45, 7) is 0.